The van der Waals surface area contributed by atoms with Gasteiger partial charge in [-0.2, -0.15) is 0 Å². The van der Waals surface area contributed by atoms with Crippen LogP contribution in [0.1, 0.15) is 58.8 Å². The summed E-state index contributed by atoms with van der Waals surface area (Å²) >= 11 is 0. The molecule has 0 saturated heterocycles. The summed E-state index contributed by atoms with van der Waals surface area (Å²) in [5.74, 6) is 3.06. The average molecular weight is 210 g/mol. The molecule has 0 amide bonds. The van der Waals surface area contributed by atoms with Crippen LogP contribution in [0.2, 0.25) is 0 Å². The van der Waals surface area contributed by atoms with Crippen LogP contribution in [0, 0.1) is 23.2 Å². The van der Waals surface area contributed by atoms with Gasteiger partial charge in [-0.3, -0.25) is 0 Å². The Bertz CT molecular complexity index is 201. The molecule has 15 heavy (non-hydrogen) atoms. The van der Waals surface area contributed by atoms with E-state index in [4.69, 9.17) is 0 Å². The molecule has 1 N–H and O–H groups in total. The maximum Gasteiger partial charge on any atom is 0.0484 e. The van der Waals surface area contributed by atoms with Crippen LogP contribution in [0.25, 0.3) is 0 Å². The lowest BCUT2D eigenvalue weighted by molar-refractivity contribution is 0.0783. The molecule has 0 radical (unpaired) electrons. The van der Waals surface area contributed by atoms with Gasteiger partial charge in [0.2, 0.25) is 0 Å². The Kier molecular flexibility index (Phi) is 3.39. The van der Waals surface area contributed by atoms with Gasteiger partial charge in [-0.25, -0.2) is 0 Å². The lowest BCUT2D eigenvalue weighted by Gasteiger charge is -2.36. The van der Waals surface area contributed by atoms with E-state index >= 15 is 0 Å². The quantitative estimate of drug-likeness (QED) is 0.751. The molecule has 2 unspecified atom stereocenters. The Morgan fingerprint density at radius 1 is 1.20 bits per heavy atom. The zero-order chi connectivity index (χ0) is 10.9. The summed E-state index contributed by atoms with van der Waals surface area (Å²) in [5, 5.41) is 9.30. The Balaban J connectivity index is 1.65. The van der Waals surface area contributed by atoms with E-state index in [1.165, 1.54) is 44.9 Å². The number of aliphatic hydroxyl groups excluding tert-OH is 1. The Morgan fingerprint density at radius 2 is 1.80 bits per heavy atom. The fourth-order valence-corrected chi connectivity index (χ4v) is 3.07. The first-order valence-electron chi connectivity index (χ1n) is 6.74. The molecular formula is C14H26O. The second kappa shape index (κ2) is 4.45. The molecule has 2 rings (SSSR count). The molecule has 0 spiro atoms. The molecule has 0 bridgehead atoms. The van der Waals surface area contributed by atoms with Crippen molar-refractivity contribution in [2.24, 2.45) is 23.2 Å². The topological polar surface area (TPSA) is 20.2 Å². The van der Waals surface area contributed by atoms with Crippen LogP contribution >= 0.6 is 0 Å². The number of rotatable bonds is 4. The molecule has 2 aliphatic rings. The SMILES string of the molecule is CC1CC1CC[C@H]1CC[C@@](C)(CO)CC1. The molecule has 2 saturated carbocycles. The minimum atomic E-state index is 0.253. The van der Waals surface area contributed by atoms with E-state index in [9.17, 15) is 5.11 Å². The molecule has 2 atom stereocenters. The summed E-state index contributed by atoms with van der Waals surface area (Å²) in [6.07, 6.45) is 9.62. The summed E-state index contributed by atoms with van der Waals surface area (Å²) in [4.78, 5) is 0. The smallest absolute Gasteiger partial charge is 0.0484 e. The zero-order valence-electron chi connectivity index (χ0n) is 10.3. The van der Waals surface area contributed by atoms with Gasteiger partial charge in [0, 0.05) is 6.61 Å². The van der Waals surface area contributed by atoms with Crippen molar-refractivity contribution in [3.8, 4) is 0 Å². The van der Waals surface area contributed by atoms with E-state index in [0.717, 1.165) is 17.8 Å². The van der Waals surface area contributed by atoms with Gasteiger partial charge < -0.3 is 5.11 Å². The van der Waals surface area contributed by atoms with Gasteiger partial charge in [-0.05, 0) is 61.7 Å². The summed E-state index contributed by atoms with van der Waals surface area (Å²) in [6, 6.07) is 0. The van der Waals surface area contributed by atoms with Crippen molar-refractivity contribution in [3.63, 3.8) is 0 Å². The summed E-state index contributed by atoms with van der Waals surface area (Å²) < 4.78 is 0. The van der Waals surface area contributed by atoms with Gasteiger partial charge in [0.05, 0.1) is 0 Å². The standard InChI is InChI=1S/C14H26O/c1-11-9-13(11)4-3-12-5-7-14(2,10-15)8-6-12/h11-13,15H,3-10H2,1-2H3/t11?,12-,13?,14+. The maximum atomic E-state index is 9.30. The van der Waals surface area contributed by atoms with Crippen molar-refractivity contribution < 1.29 is 5.11 Å². The van der Waals surface area contributed by atoms with Crippen LogP contribution in [0.15, 0.2) is 0 Å². The van der Waals surface area contributed by atoms with Gasteiger partial charge in [0.15, 0.2) is 0 Å². The molecule has 0 aliphatic heterocycles. The monoisotopic (exact) mass is 210 g/mol. The maximum absolute atomic E-state index is 9.30. The van der Waals surface area contributed by atoms with Crippen molar-refractivity contribution in [3.05, 3.63) is 0 Å². The van der Waals surface area contributed by atoms with Crippen LogP contribution in [-0.4, -0.2) is 11.7 Å². The Labute approximate surface area is 94.3 Å². The van der Waals surface area contributed by atoms with Gasteiger partial charge in [-0.15, -0.1) is 0 Å². The van der Waals surface area contributed by atoms with Crippen molar-refractivity contribution in [1.82, 2.24) is 0 Å². The van der Waals surface area contributed by atoms with Crippen LogP contribution < -0.4 is 0 Å². The van der Waals surface area contributed by atoms with E-state index in [-0.39, 0.29) is 5.41 Å². The van der Waals surface area contributed by atoms with Gasteiger partial charge in [-0.1, -0.05) is 20.3 Å². The zero-order valence-corrected chi connectivity index (χ0v) is 10.3. The predicted octanol–water partition coefficient (Wildman–Crippen LogP) is 3.61. The van der Waals surface area contributed by atoms with Crippen molar-refractivity contribution in [2.75, 3.05) is 6.61 Å². The van der Waals surface area contributed by atoms with Crippen LogP contribution in [-0.2, 0) is 0 Å². The number of hydrogen-bond acceptors (Lipinski definition) is 1. The molecular weight excluding hydrogens is 184 g/mol. The molecule has 2 aliphatic carbocycles. The fraction of sp³-hybridized carbons (Fsp3) is 1.00. The van der Waals surface area contributed by atoms with E-state index in [1.807, 2.05) is 0 Å². The van der Waals surface area contributed by atoms with Crippen molar-refractivity contribution in [1.29, 1.82) is 0 Å². The molecule has 88 valence electrons. The molecule has 0 aromatic rings. The predicted molar refractivity (Wildman–Crippen MR) is 63.7 cm³/mol. The minimum Gasteiger partial charge on any atom is -0.396 e. The highest BCUT2D eigenvalue weighted by atomic mass is 16.3. The van der Waals surface area contributed by atoms with Crippen LogP contribution in [0.4, 0.5) is 0 Å². The lowest BCUT2D eigenvalue weighted by atomic mass is 9.71. The highest BCUT2D eigenvalue weighted by Gasteiger charge is 2.34. The molecule has 0 aromatic carbocycles. The largest absolute Gasteiger partial charge is 0.396 e. The first-order chi connectivity index (χ1) is 7.13. The summed E-state index contributed by atoms with van der Waals surface area (Å²) in [5.41, 5.74) is 0.253. The van der Waals surface area contributed by atoms with E-state index < -0.39 is 0 Å². The molecule has 1 nitrogen and oxygen atoms in total. The Morgan fingerprint density at radius 3 is 2.27 bits per heavy atom. The average Bonchev–Trinajstić information content (AvgIpc) is 2.94. The third kappa shape index (κ3) is 2.96. The van der Waals surface area contributed by atoms with E-state index in [2.05, 4.69) is 13.8 Å². The van der Waals surface area contributed by atoms with Gasteiger partial charge >= 0.3 is 0 Å². The summed E-state index contributed by atoms with van der Waals surface area (Å²) in [7, 11) is 0. The second-order valence-corrected chi connectivity index (χ2v) is 6.46. The highest BCUT2D eigenvalue weighted by molar-refractivity contribution is 4.85. The fourth-order valence-electron chi connectivity index (χ4n) is 3.07. The van der Waals surface area contributed by atoms with E-state index in [0.29, 0.717) is 6.61 Å². The molecule has 0 aromatic heterocycles. The Hall–Kier alpha value is -0.0400. The third-order valence-electron chi connectivity index (χ3n) is 4.92. The first kappa shape index (κ1) is 11.4. The number of hydrogen-bond donors (Lipinski definition) is 1. The van der Waals surface area contributed by atoms with Gasteiger partial charge in [0.1, 0.15) is 0 Å². The van der Waals surface area contributed by atoms with Crippen LogP contribution in [0.3, 0.4) is 0 Å². The third-order valence-corrected chi connectivity index (χ3v) is 4.92. The highest BCUT2D eigenvalue weighted by Crippen LogP contribution is 2.45. The normalized spacial score (nSPS) is 45.4. The van der Waals surface area contributed by atoms with Crippen LogP contribution in [0.5, 0.6) is 0 Å². The lowest BCUT2D eigenvalue weighted by Crippen LogP contribution is -2.27. The molecule has 0 heterocycles. The molecule has 2 fully saturated rings. The number of aliphatic hydroxyl groups is 1. The first-order valence-corrected chi connectivity index (χ1v) is 6.74. The van der Waals surface area contributed by atoms with Gasteiger partial charge in [0.25, 0.3) is 0 Å². The second-order valence-electron chi connectivity index (χ2n) is 6.46. The van der Waals surface area contributed by atoms with Crippen molar-refractivity contribution >= 4 is 0 Å². The van der Waals surface area contributed by atoms with E-state index in [1.54, 1.807) is 0 Å². The molecule has 1 heteroatoms. The minimum absolute atomic E-state index is 0.253. The summed E-state index contributed by atoms with van der Waals surface area (Å²) in [6.45, 7) is 5.01. The van der Waals surface area contributed by atoms with Crippen molar-refractivity contribution in [2.45, 2.75) is 58.8 Å².